The number of rotatable bonds is 2. The Morgan fingerprint density at radius 1 is 1.15 bits per heavy atom. The topological polar surface area (TPSA) is 45.4 Å². The molecule has 20 heavy (non-hydrogen) atoms. The van der Waals surface area contributed by atoms with Gasteiger partial charge >= 0.3 is 0 Å². The highest BCUT2D eigenvalue weighted by Crippen LogP contribution is 2.36. The van der Waals surface area contributed by atoms with Gasteiger partial charge in [-0.3, -0.25) is 0 Å². The maximum atomic E-state index is 5.97. The lowest BCUT2D eigenvalue weighted by Crippen LogP contribution is -2.36. The van der Waals surface area contributed by atoms with Gasteiger partial charge in [-0.1, -0.05) is 12.1 Å². The molecule has 4 heteroatoms. The number of hydrogen-bond acceptors (Lipinski definition) is 4. The van der Waals surface area contributed by atoms with Crippen molar-refractivity contribution in [1.82, 2.24) is 4.98 Å². The normalized spacial score (nSPS) is 15.9. The first-order valence-corrected chi connectivity index (χ1v) is 6.96. The number of nitrogens with zero attached hydrogens (tertiary/aromatic N) is 3. The standard InChI is InChI=1S/C16H20N4/c1-12(17)13-7-8-18-16(11-13)20-10-9-19(2)14-5-3-4-6-15(14)20/h3-8,11-12H,9-10,17H2,1-2H3. The summed E-state index contributed by atoms with van der Waals surface area (Å²) in [5.41, 5.74) is 9.54. The van der Waals surface area contributed by atoms with Gasteiger partial charge in [-0.15, -0.1) is 0 Å². The third-order valence-electron chi connectivity index (χ3n) is 3.81. The fraction of sp³-hybridized carbons (Fsp3) is 0.312. The molecule has 0 spiro atoms. The van der Waals surface area contributed by atoms with E-state index in [-0.39, 0.29) is 6.04 Å². The molecule has 2 heterocycles. The Morgan fingerprint density at radius 3 is 2.65 bits per heavy atom. The Hall–Kier alpha value is -2.07. The molecule has 2 aromatic rings. The van der Waals surface area contributed by atoms with Crippen molar-refractivity contribution in [1.29, 1.82) is 0 Å². The first kappa shape index (κ1) is 12.9. The number of fused-ring (bicyclic) bond motifs is 1. The molecule has 1 unspecified atom stereocenters. The smallest absolute Gasteiger partial charge is 0.133 e. The number of likely N-dealkylation sites (N-methyl/N-ethyl adjacent to an activating group) is 1. The molecule has 1 aliphatic heterocycles. The van der Waals surface area contributed by atoms with Crippen LogP contribution in [0.5, 0.6) is 0 Å². The Labute approximate surface area is 119 Å². The lowest BCUT2D eigenvalue weighted by molar-refractivity contribution is 0.797. The van der Waals surface area contributed by atoms with Crippen molar-refractivity contribution in [3.63, 3.8) is 0 Å². The van der Waals surface area contributed by atoms with Gasteiger partial charge in [-0.25, -0.2) is 4.98 Å². The number of pyridine rings is 1. The maximum Gasteiger partial charge on any atom is 0.133 e. The van der Waals surface area contributed by atoms with Gasteiger partial charge in [0.25, 0.3) is 0 Å². The van der Waals surface area contributed by atoms with E-state index in [1.165, 1.54) is 11.4 Å². The zero-order valence-corrected chi connectivity index (χ0v) is 12.0. The largest absolute Gasteiger partial charge is 0.371 e. The second kappa shape index (κ2) is 5.13. The molecule has 2 N–H and O–H groups in total. The van der Waals surface area contributed by atoms with Crippen molar-refractivity contribution in [3.8, 4) is 0 Å². The molecule has 0 fully saturated rings. The highest BCUT2D eigenvalue weighted by molar-refractivity contribution is 5.78. The van der Waals surface area contributed by atoms with Crippen molar-refractivity contribution >= 4 is 17.2 Å². The Balaban J connectivity index is 2.03. The van der Waals surface area contributed by atoms with Gasteiger partial charge in [0.15, 0.2) is 0 Å². The predicted octanol–water partition coefficient (Wildman–Crippen LogP) is 2.69. The lowest BCUT2D eigenvalue weighted by atomic mass is 10.1. The molecule has 0 saturated heterocycles. The number of hydrogen-bond donors (Lipinski definition) is 1. The maximum absolute atomic E-state index is 5.97. The van der Waals surface area contributed by atoms with Crippen LogP contribution in [0.2, 0.25) is 0 Å². The van der Waals surface area contributed by atoms with Crippen LogP contribution in [-0.2, 0) is 0 Å². The molecule has 1 aliphatic rings. The summed E-state index contributed by atoms with van der Waals surface area (Å²) in [5.74, 6) is 0.973. The van der Waals surface area contributed by atoms with Crippen molar-refractivity contribution in [2.24, 2.45) is 5.73 Å². The quantitative estimate of drug-likeness (QED) is 0.909. The third-order valence-corrected chi connectivity index (χ3v) is 3.81. The van der Waals surface area contributed by atoms with Crippen molar-refractivity contribution in [2.75, 3.05) is 29.9 Å². The average molecular weight is 268 g/mol. The van der Waals surface area contributed by atoms with Crippen LogP contribution in [0, 0.1) is 0 Å². The summed E-state index contributed by atoms with van der Waals surface area (Å²) in [6, 6.07) is 12.5. The number of benzene rings is 1. The Bertz CT molecular complexity index is 609. The number of nitrogens with two attached hydrogens (primary N) is 1. The van der Waals surface area contributed by atoms with Gasteiger partial charge < -0.3 is 15.5 Å². The molecule has 1 atom stereocenters. The van der Waals surface area contributed by atoms with Gasteiger partial charge in [0.2, 0.25) is 0 Å². The molecule has 0 saturated carbocycles. The Kier molecular flexibility index (Phi) is 3.32. The minimum Gasteiger partial charge on any atom is -0.371 e. The molecule has 0 amide bonds. The molecular formula is C16H20N4. The highest BCUT2D eigenvalue weighted by Gasteiger charge is 2.21. The first-order chi connectivity index (χ1) is 9.66. The second-order valence-electron chi connectivity index (χ2n) is 5.30. The van der Waals surface area contributed by atoms with Gasteiger partial charge in [-0.05, 0) is 36.8 Å². The van der Waals surface area contributed by atoms with Crippen LogP contribution in [0.25, 0.3) is 0 Å². The fourth-order valence-electron chi connectivity index (χ4n) is 2.61. The summed E-state index contributed by atoms with van der Waals surface area (Å²) < 4.78 is 0. The SMILES string of the molecule is CC(N)c1ccnc(N2CCN(C)c3ccccc32)c1. The molecule has 0 radical (unpaired) electrons. The number of para-hydroxylation sites is 2. The summed E-state index contributed by atoms with van der Waals surface area (Å²) in [5, 5.41) is 0. The predicted molar refractivity (Wildman–Crippen MR) is 83.6 cm³/mol. The summed E-state index contributed by atoms with van der Waals surface area (Å²) in [6.07, 6.45) is 1.84. The van der Waals surface area contributed by atoms with Crippen LogP contribution in [-0.4, -0.2) is 25.1 Å². The van der Waals surface area contributed by atoms with E-state index in [9.17, 15) is 0 Å². The summed E-state index contributed by atoms with van der Waals surface area (Å²) in [7, 11) is 2.13. The van der Waals surface area contributed by atoms with Crippen LogP contribution in [0.15, 0.2) is 42.6 Å². The average Bonchev–Trinajstić information content (AvgIpc) is 2.48. The third kappa shape index (κ3) is 2.23. The van der Waals surface area contributed by atoms with E-state index in [4.69, 9.17) is 5.73 Å². The van der Waals surface area contributed by atoms with E-state index in [1.54, 1.807) is 0 Å². The number of aromatic nitrogens is 1. The van der Waals surface area contributed by atoms with E-state index >= 15 is 0 Å². The van der Waals surface area contributed by atoms with Crippen molar-refractivity contribution < 1.29 is 0 Å². The molecular weight excluding hydrogens is 248 g/mol. The monoisotopic (exact) mass is 268 g/mol. The van der Waals surface area contributed by atoms with E-state index in [0.717, 1.165) is 24.5 Å². The zero-order valence-electron chi connectivity index (χ0n) is 12.0. The molecule has 1 aromatic carbocycles. The lowest BCUT2D eigenvalue weighted by Gasteiger charge is -2.36. The number of anilines is 3. The second-order valence-corrected chi connectivity index (χ2v) is 5.30. The van der Waals surface area contributed by atoms with Crippen LogP contribution in [0.1, 0.15) is 18.5 Å². The molecule has 104 valence electrons. The minimum absolute atomic E-state index is 0.0273. The van der Waals surface area contributed by atoms with Gasteiger partial charge in [-0.2, -0.15) is 0 Å². The fourth-order valence-corrected chi connectivity index (χ4v) is 2.61. The molecule has 0 bridgehead atoms. The van der Waals surface area contributed by atoms with Crippen LogP contribution in [0.3, 0.4) is 0 Å². The van der Waals surface area contributed by atoms with Gasteiger partial charge in [0, 0.05) is 32.4 Å². The summed E-state index contributed by atoms with van der Waals surface area (Å²) >= 11 is 0. The van der Waals surface area contributed by atoms with Gasteiger partial charge in [0.05, 0.1) is 11.4 Å². The van der Waals surface area contributed by atoms with Crippen molar-refractivity contribution in [2.45, 2.75) is 13.0 Å². The first-order valence-electron chi connectivity index (χ1n) is 6.96. The van der Waals surface area contributed by atoms with Gasteiger partial charge in [0.1, 0.15) is 5.82 Å². The van der Waals surface area contributed by atoms with Crippen LogP contribution < -0.4 is 15.5 Å². The molecule has 4 nitrogen and oxygen atoms in total. The molecule has 3 rings (SSSR count). The zero-order chi connectivity index (χ0) is 14.1. The molecule has 0 aliphatic carbocycles. The molecule has 1 aromatic heterocycles. The van der Waals surface area contributed by atoms with Crippen molar-refractivity contribution in [3.05, 3.63) is 48.2 Å². The van der Waals surface area contributed by atoms with E-state index in [2.05, 4.69) is 52.2 Å². The van der Waals surface area contributed by atoms with E-state index in [0.29, 0.717) is 0 Å². The minimum atomic E-state index is 0.0273. The van der Waals surface area contributed by atoms with Crippen LogP contribution >= 0.6 is 0 Å². The highest BCUT2D eigenvalue weighted by atomic mass is 15.3. The van der Waals surface area contributed by atoms with Crippen LogP contribution in [0.4, 0.5) is 17.2 Å². The van der Waals surface area contributed by atoms with E-state index in [1.807, 2.05) is 19.2 Å². The summed E-state index contributed by atoms with van der Waals surface area (Å²) in [6.45, 7) is 3.92. The van der Waals surface area contributed by atoms with E-state index < -0.39 is 0 Å². The summed E-state index contributed by atoms with van der Waals surface area (Å²) in [4.78, 5) is 9.07. The Morgan fingerprint density at radius 2 is 1.90 bits per heavy atom.